The Kier molecular flexibility index (Phi) is 4.53. The highest BCUT2D eigenvalue weighted by Gasteiger charge is 2.06. The van der Waals surface area contributed by atoms with Crippen LogP contribution in [0.2, 0.25) is 0 Å². The lowest BCUT2D eigenvalue weighted by Crippen LogP contribution is -2.07. The number of rotatable bonds is 3. The number of hydrogen-bond acceptors (Lipinski definition) is 2. The lowest BCUT2D eigenvalue weighted by atomic mass is 10.2. The normalized spacial score (nSPS) is 20.5. The first-order chi connectivity index (χ1) is 6.70. The molecule has 2 nitrogen and oxygen atoms in total. The fourth-order valence-electron chi connectivity index (χ4n) is 1.14. The van der Waals surface area contributed by atoms with Gasteiger partial charge in [0.2, 0.25) is 0 Å². The van der Waals surface area contributed by atoms with Crippen LogP contribution in [0.1, 0.15) is 19.8 Å². The van der Waals surface area contributed by atoms with Crippen LogP contribution in [0.5, 0.6) is 0 Å². The van der Waals surface area contributed by atoms with E-state index in [1.807, 2.05) is 24.3 Å². The summed E-state index contributed by atoms with van der Waals surface area (Å²) in [5.41, 5.74) is 0. The summed E-state index contributed by atoms with van der Waals surface area (Å²) in [5, 5.41) is 0. The Balaban J connectivity index is 2.70. The molecule has 0 fully saturated rings. The van der Waals surface area contributed by atoms with Gasteiger partial charge >= 0.3 is 0 Å². The molecule has 0 aliphatic heterocycles. The number of carbonyl (C=O) groups is 1. The van der Waals surface area contributed by atoms with E-state index in [4.69, 9.17) is 0 Å². The van der Waals surface area contributed by atoms with Crippen LogP contribution in [-0.4, -0.2) is 15.7 Å². The first-order valence-electron chi connectivity index (χ1n) is 4.59. The summed E-state index contributed by atoms with van der Waals surface area (Å²) in [6.45, 7) is 1.46. The van der Waals surface area contributed by atoms with Gasteiger partial charge < -0.3 is 0 Å². The van der Waals surface area contributed by atoms with Gasteiger partial charge in [-0.25, -0.2) is 0 Å². The van der Waals surface area contributed by atoms with Gasteiger partial charge in [0, 0.05) is 4.91 Å². The number of carbonyl (C=O) groups excluding carboxylic acids is 1. The zero-order chi connectivity index (χ0) is 10.4. The maximum atomic E-state index is 11.6. The number of ketones is 1. The van der Waals surface area contributed by atoms with E-state index in [9.17, 15) is 9.00 Å². The van der Waals surface area contributed by atoms with Crippen LogP contribution in [0.25, 0.3) is 0 Å². The molecule has 1 aliphatic carbocycles. The minimum absolute atomic E-state index is 0.0322. The highest BCUT2D eigenvalue weighted by atomic mass is 32.2. The summed E-state index contributed by atoms with van der Waals surface area (Å²) in [5.74, 6) is 0.0927. The quantitative estimate of drug-likeness (QED) is 0.669. The van der Waals surface area contributed by atoms with Crippen molar-refractivity contribution in [1.29, 1.82) is 0 Å². The predicted octanol–water partition coefficient (Wildman–Crippen LogP) is 2.11. The van der Waals surface area contributed by atoms with E-state index in [0.717, 1.165) is 17.7 Å². The second kappa shape index (κ2) is 5.70. The Labute approximate surface area is 86.8 Å². The standard InChI is InChI=1S/C11H14O2S/c1-10(12)9-14(13)11-7-5-3-2-4-6-8-11/h2-3,6-8H,4-5,9H2,1H3/b3-2-,8-6?,11-7?. The molecular formula is C11H14O2S. The zero-order valence-corrected chi connectivity index (χ0v) is 9.05. The Morgan fingerprint density at radius 2 is 2.07 bits per heavy atom. The Morgan fingerprint density at radius 3 is 2.79 bits per heavy atom. The van der Waals surface area contributed by atoms with Crippen molar-refractivity contribution in [3.8, 4) is 0 Å². The largest absolute Gasteiger partial charge is 0.299 e. The lowest BCUT2D eigenvalue weighted by Gasteiger charge is -2.01. The molecule has 3 heteroatoms. The zero-order valence-electron chi connectivity index (χ0n) is 8.23. The minimum Gasteiger partial charge on any atom is -0.299 e. The molecule has 1 unspecified atom stereocenters. The maximum absolute atomic E-state index is 11.6. The molecular weight excluding hydrogens is 196 g/mol. The lowest BCUT2D eigenvalue weighted by molar-refractivity contribution is -0.114. The molecule has 0 spiro atoms. The molecule has 0 saturated carbocycles. The summed E-state index contributed by atoms with van der Waals surface area (Å²) in [4.78, 5) is 11.6. The third-order valence-corrected chi connectivity index (χ3v) is 3.27. The summed E-state index contributed by atoms with van der Waals surface area (Å²) >= 11 is 0. The van der Waals surface area contributed by atoms with Gasteiger partial charge in [-0.15, -0.1) is 0 Å². The topological polar surface area (TPSA) is 34.1 Å². The van der Waals surface area contributed by atoms with E-state index in [0.29, 0.717) is 0 Å². The molecule has 1 aliphatic rings. The molecule has 0 heterocycles. The van der Waals surface area contributed by atoms with E-state index in [1.165, 1.54) is 6.92 Å². The average Bonchev–Trinajstić information content (AvgIpc) is 2.00. The third-order valence-electron chi connectivity index (χ3n) is 1.77. The highest BCUT2D eigenvalue weighted by Crippen LogP contribution is 2.10. The summed E-state index contributed by atoms with van der Waals surface area (Å²) < 4.78 is 11.6. The fraction of sp³-hybridized carbons (Fsp3) is 0.364. The molecule has 0 aromatic carbocycles. The molecule has 1 rings (SSSR count). The van der Waals surface area contributed by atoms with Crippen molar-refractivity contribution in [1.82, 2.24) is 0 Å². The van der Waals surface area contributed by atoms with Crippen LogP contribution in [0.4, 0.5) is 0 Å². The van der Waals surface area contributed by atoms with E-state index in [-0.39, 0.29) is 11.5 Å². The van der Waals surface area contributed by atoms with Gasteiger partial charge in [-0.1, -0.05) is 30.4 Å². The predicted molar refractivity (Wildman–Crippen MR) is 59.3 cm³/mol. The third kappa shape index (κ3) is 3.83. The Bertz CT molecular complexity index is 324. The monoisotopic (exact) mass is 210 g/mol. The van der Waals surface area contributed by atoms with Crippen molar-refractivity contribution in [3.05, 3.63) is 35.3 Å². The van der Waals surface area contributed by atoms with E-state index < -0.39 is 10.8 Å². The molecule has 1 atom stereocenters. The summed E-state index contributed by atoms with van der Waals surface area (Å²) in [6.07, 6.45) is 11.5. The first-order valence-corrected chi connectivity index (χ1v) is 5.91. The van der Waals surface area contributed by atoms with Crippen molar-refractivity contribution in [3.63, 3.8) is 0 Å². The average molecular weight is 210 g/mol. The van der Waals surface area contributed by atoms with Crippen molar-refractivity contribution in [2.24, 2.45) is 0 Å². The van der Waals surface area contributed by atoms with Crippen molar-refractivity contribution >= 4 is 16.6 Å². The van der Waals surface area contributed by atoms with Crippen molar-refractivity contribution < 1.29 is 9.00 Å². The molecule has 0 radical (unpaired) electrons. The Hall–Kier alpha value is -0.960. The summed E-state index contributed by atoms with van der Waals surface area (Å²) in [7, 11) is -1.16. The van der Waals surface area contributed by atoms with Gasteiger partial charge in [0.1, 0.15) is 5.78 Å². The first kappa shape index (κ1) is 11.1. The van der Waals surface area contributed by atoms with E-state index in [1.54, 1.807) is 0 Å². The van der Waals surface area contributed by atoms with Gasteiger partial charge in [0.15, 0.2) is 0 Å². The van der Waals surface area contributed by atoms with Gasteiger partial charge in [-0.05, 0) is 19.8 Å². The van der Waals surface area contributed by atoms with Gasteiger partial charge in [0.05, 0.1) is 16.6 Å². The highest BCUT2D eigenvalue weighted by molar-refractivity contribution is 7.89. The second-order valence-electron chi connectivity index (χ2n) is 3.14. The smallest absolute Gasteiger partial charge is 0.142 e. The van der Waals surface area contributed by atoms with Crippen LogP contribution in [-0.2, 0) is 15.6 Å². The molecule has 0 amide bonds. The van der Waals surface area contributed by atoms with Crippen LogP contribution >= 0.6 is 0 Å². The second-order valence-corrected chi connectivity index (χ2v) is 4.59. The molecule has 0 N–H and O–H groups in total. The van der Waals surface area contributed by atoms with Crippen LogP contribution in [0.3, 0.4) is 0 Å². The molecule has 14 heavy (non-hydrogen) atoms. The van der Waals surface area contributed by atoms with Gasteiger partial charge in [0.25, 0.3) is 0 Å². The number of allylic oxidation sites excluding steroid dienone is 5. The van der Waals surface area contributed by atoms with E-state index in [2.05, 4.69) is 6.08 Å². The molecule has 0 saturated heterocycles. The Morgan fingerprint density at radius 1 is 1.36 bits per heavy atom. The van der Waals surface area contributed by atoms with Gasteiger partial charge in [-0.2, -0.15) is 0 Å². The van der Waals surface area contributed by atoms with Crippen molar-refractivity contribution in [2.75, 3.05) is 5.75 Å². The van der Waals surface area contributed by atoms with E-state index >= 15 is 0 Å². The summed E-state index contributed by atoms with van der Waals surface area (Å²) in [6, 6.07) is 0. The fourth-order valence-corrected chi connectivity index (χ4v) is 2.21. The van der Waals surface area contributed by atoms with Gasteiger partial charge in [-0.3, -0.25) is 9.00 Å². The number of Topliss-reactive ketones (excluding diaryl/α,β-unsaturated/α-hetero) is 1. The van der Waals surface area contributed by atoms with Crippen LogP contribution in [0, 0.1) is 0 Å². The van der Waals surface area contributed by atoms with Crippen molar-refractivity contribution in [2.45, 2.75) is 19.8 Å². The van der Waals surface area contributed by atoms with Crippen LogP contribution < -0.4 is 0 Å². The molecule has 0 aromatic rings. The minimum atomic E-state index is -1.16. The van der Waals surface area contributed by atoms with Crippen LogP contribution in [0.15, 0.2) is 35.3 Å². The number of hydrogen-bond donors (Lipinski definition) is 0. The molecule has 76 valence electrons. The SMILES string of the molecule is CC(=O)CS(=O)C1=CC/C=C\CC=C1. The molecule has 0 aromatic heterocycles. The maximum Gasteiger partial charge on any atom is 0.142 e. The molecule has 0 bridgehead atoms.